The van der Waals surface area contributed by atoms with Crippen molar-refractivity contribution in [1.82, 2.24) is 0 Å². The van der Waals surface area contributed by atoms with Crippen molar-refractivity contribution in [3.8, 4) is 0 Å². The summed E-state index contributed by atoms with van der Waals surface area (Å²) >= 11 is 0. The maximum atomic E-state index is 10.9. The van der Waals surface area contributed by atoms with Crippen molar-refractivity contribution in [2.75, 3.05) is 31.2 Å². The van der Waals surface area contributed by atoms with E-state index in [1.165, 1.54) is 13.8 Å². The Hall–Kier alpha value is -2.37. The molecule has 0 unspecified atom stereocenters. The van der Waals surface area contributed by atoms with E-state index in [-0.39, 0.29) is 11.9 Å². The molecule has 1 aromatic carbocycles. The summed E-state index contributed by atoms with van der Waals surface area (Å²) in [6.45, 7) is 5.79. The van der Waals surface area contributed by atoms with E-state index in [2.05, 4.69) is 4.90 Å². The predicted octanol–water partition coefficient (Wildman–Crippen LogP) is 4.55. The Morgan fingerprint density at radius 3 is 1.62 bits per heavy atom. The Bertz CT molecular complexity index is 572. The van der Waals surface area contributed by atoms with E-state index >= 15 is 0 Å². The number of hydrogen-bond acceptors (Lipinski definition) is 6. The second-order valence-electron chi connectivity index (χ2n) is 7.20. The Labute approximate surface area is 174 Å². The first kappa shape index (κ1) is 24.7. The Morgan fingerprint density at radius 1 is 0.759 bits per heavy atom. The van der Waals surface area contributed by atoms with Gasteiger partial charge in [0.2, 0.25) is 0 Å². The first-order valence-corrected chi connectivity index (χ1v) is 10.6. The molecule has 162 valence electrons. The third-order valence-electron chi connectivity index (χ3n) is 4.65. The first-order chi connectivity index (χ1) is 14.0. The molecule has 0 fully saturated rings. The van der Waals surface area contributed by atoms with Crippen LogP contribution in [0.4, 0.5) is 5.69 Å². The summed E-state index contributed by atoms with van der Waals surface area (Å²) in [5.41, 5.74) is 1.82. The average Bonchev–Trinajstić information content (AvgIpc) is 2.70. The van der Waals surface area contributed by atoms with Gasteiger partial charge in [0, 0.05) is 38.2 Å². The monoisotopic (exact) mass is 405 g/mol. The summed E-state index contributed by atoms with van der Waals surface area (Å²) < 4.78 is 9.92. The lowest BCUT2D eigenvalue weighted by Gasteiger charge is -2.25. The number of aldehydes is 1. The quantitative estimate of drug-likeness (QED) is 0.228. The molecular weight excluding hydrogens is 370 g/mol. The summed E-state index contributed by atoms with van der Waals surface area (Å²) in [7, 11) is 0. The number of hydrogen-bond donors (Lipinski definition) is 0. The molecule has 1 rings (SSSR count). The smallest absolute Gasteiger partial charge is 0.302 e. The van der Waals surface area contributed by atoms with E-state index in [0.29, 0.717) is 18.8 Å². The van der Waals surface area contributed by atoms with Crippen LogP contribution in [0.5, 0.6) is 0 Å². The molecule has 0 spiro atoms. The van der Waals surface area contributed by atoms with E-state index in [9.17, 15) is 14.4 Å². The summed E-state index contributed by atoms with van der Waals surface area (Å²) in [5, 5.41) is 0. The zero-order valence-corrected chi connectivity index (χ0v) is 17.9. The van der Waals surface area contributed by atoms with Crippen molar-refractivity contribution in [3.05, 3.63) is 29.8 Å². The van der Waals surface area contributed by atoms with Crippen LogP contribution in [-0.2, 0) is 19.1 Å². The van der Waals surface area contributed by atoms with Gasteiger partial charge in [0.05, 0.1) is 13.2 Å². The summed E-state index contributed by atoms with van der Waals surface area (Å²) in [5.74, 6) is -0.439. The minimum Gasteiger partial charge on any atom is -0.466 e. The number of carbonyl (C=O) groups is 3. The fraction of sp³-hybridized carbons (Fsp3) is 0.609. The van der Waals surface area contributed by atoms with Crippen molar-refractivity contribution in [2.24, 2.45) is 0 Å². The molecule has 0 radical (unpaired) electrons. The number of nitrogens with zero attached hydrogens (tertiary/aromatic N) is 1. The van der Waals surface area contributed by atoms with Crippen LogP contribution in [-0.4, -0.2) is 44.5 Å². The zero-order valence-electron chi connectivity index (χ0n) is 17.9. The van der Waals surface area contributed by atoms with Gasteiger partial charge in [-0.3, -0.25) is 14.4 Å². The molecule has 0 saturated carbocycles. The van der Waals surface area contributed by atoms with Gasteiger partial charge in [0.25, 0.3) is 0 Å². The molecular formula is C23H35NO5. The van der Waals surface area contributed by atoms with Crippen molar-refractivity contribution < 1.29 is 23.9 Å². The van der Waals surface area contributed by atoms with E-state index in [0.717, 1.165) is 76.4 Å². The highest BCUT2D eigenvalue weighted by molar-refractivity contribution is 5.75. The van der Waals surface area contributed by atoms with Crippen LogP contribution in [0.2, 0.25) is 0 Å². The van der Waals surface area contributed by atoms with E-state index in [4.69, 9.17) is 9.47 Å². The highest BCUT2D eigenvalue weighted by Gasteiger charge is 2.07. The van der Waals surface area contributed by atoms with Crippen LogP contribution in [0.15, 0.2) is 24.3 Å². The van der Waals surface area contributed by atoms with Crippen LogP contribution < -0.4 is 4.90 Å². The number of ether oxygens (including phenoxy) is 2. The topological polar surface area (TPSA) is 72.9 Å². The standard InChI is InChI=1S/C23H35NO5/c1-20(26)28-17-9-5-3-7-15-24(23-13-11-22(19-25)12-14-23)16-8-4-6-10-18-29-21(2)27/h11-14,19H,3-10,15-18H2,1-2H3. The van der Waals surface area contributed by atoms with Gasteiger partial charge in [-0.1, -0.05) is 12.8 Å². The molecule has 0 aliphatic carbocycles. The molecule has 0 amide bonds. The minimum atomic E-state index is -0.220. The molecule has 0 N–H and O–H groups in total. The van der Waals surface area contributed by atoms with Gasteiger partial charge in [-0.15, -0.1) is 0 Å². The lowest BCUT2D eigenvalue weighted by molar-refractivity contribution is -0.142. The Morgan fingerprint density at radius 2 is 1.21 bits per heavy atom. The molecule has 6 nitrogen and oxygen atoms in total. The van der Waals surface area contributed by atoms with Crippen molar-refractivity contribution >= 4 is 23.9 Å². The maximum absolute atomic E-state index is 10.9. The van der Waals surface area contributed by atoms with Crippen LogP contribution in [0.1, 0.15) is 75.6 Å². The van der Waals surface area contributed by atoms with Crippen LogP contribution in [0.3, 0.4) is 0 Å². The fourth-order valence-electron chi connectivity index (χ4n) is 3.08. The van der Waals surface area contributed by atoms with Gasteiger partial charge < -0.3 is 14.4 Å². The molecule has 29 heavy (non-hydrogen) atoms. The number of esters is 2. The molecule has 0 saturated heterocycles. The number of rotatable bonds is 16. The lowest BCUT2D eigenvalue weighted by Crippen LogP contribution is -2.25. The molecule has 6 heteroatoms. The van der Waals surface area contributed by atoms with E-state index in [1.807, 2.05) is 24.3 Å². The first-order valence-electron chi connectivity index (χ1n) is 10.6. The lowest BCUT2D eigenvalue weighted by atomic mass is 10.1. The third kappa shape index (κ3) is 12.7. The van der Waals surface area contributed by atoms with E-state index < -0.39 is 0 Å². The number of carbonyl (C=O) groups excluding carboxylic acids is 3. The van der Waals surface area contributed by atoms with E-state index in [1.54, 1.807) is 0 Å². The second-order valence-corrected chi connectivity index (χ2v) is 7.20. The van der Waals surface area contributed by atoms with Crippen LogP contribution >= 0.6 is 0 Å². The highest BCUT2D eigenvalue weighted by atomic mass is 16.5. The maximum Gasteiger partial charge on any atom is 0.302 e. The molecule has 0 aliphatic heterocycles. The predicted molar refractivity (Wildman–Crippen MR) is 114 cm³/mol. The molecule has 0 aliphatic rings. The Balaban J connectivity index is 2.36. The molecule has 0 atom stereocenters. The van der Waals surface area contributed by atoms with Gasteiger partial charge in [0.1, 0.15) is 6.29 Å². The third-order valence-corrected chi connectivity index (χ3v) is 4.65. The van der Waals surface area contributed by atoms with Gasteiger partial charge in [0.15, 0.2) is 0 Å². The summed E-state index contributed by atoms with van der Waals surface area (Å²) in [6, 6.07) is 7.72. The molecule has 1 aromatic rings. The molecule has 0 aromatic heterocycles. The normalized spacial score (nSPS) is 10.4. The summed E-state index contributed by atoms with van der Waals surface area (Å²) in [4.78, 5) is 34.8. The number of benzene rings is 1. The second kappa shape index (κ2) is 15.5. The van der Waals surface area contributed by atoms with Gasteiger partial charge in [-0.2, -0.15) is 0 Å². The highest BCUT2D eigenvalue weighted by Crippen LogP contribution is 2.17. The van der Waals surface area contributed by atoms with Crippen molar-refractivity contribution in [3.63, 3.8) is 0 Å². The number of anilines is 1. The van der Waals surface area contributed by atoms with Crippen molar-refractivity contribution in [2.45, 2.75) is 65.2 Å². The average molecular weight is 406 g/mol. The fourth-order valence-corrected chi connectivity index (χ4v) is 3.08. The van der Waals surface area contributed by atoms with Gasteiger partial charge in [-0.05, 0) is 62.8 Å². The summed E-state index contributed by atoms with van der Waals surface area (Å²) in [6.07, 6.45) is 9.07. The molecule has 0 bridgehead atoms. The van der Waals surface area contributed by atoms with Crippen LogP contribution in [0.25, 0.3) is 0 Å². The van der Waals surface area contributed by atoms with Crippen molar-refractivity contribution in [1.29, 1.82) is 0 Å². The molecule has 0 heterocycles. The minimum absolute atomic E-state index is 0.220. The largest absolute Gasteiger partial charge is 0.466 e. The number of unbranched alkanes of at least 4 members (excludes halogenated alkanes) is 6. The Kier molecular flexibility index (Phi) is 13.2. The van der Waals surface area contributed by atoms with Gasteiger partial charge >= 0.3 is 11.9 Å². The van der Waals surface area contributed by atoms with Gasteiger partial charge in [-0.25, -0.2) is 0 Å². The SMILES string of the molecule is CC(=O)OCCCCCCN(CCCCCCOC(C)=O)c1ccc(C=O)cc1. The zero-order chi connectivity index (χ0) is 21.3. The van der Waals surface area contributed by atoms with Crippen LogP contribution in [0, 0.1) is 0 Å².